The number of hydrogen-bond acceptors (Lipinski definition) is 5. The van der Waals surface area contributed by atoms with Crippen LogP contribution in [0.5, 0.6) is 0 Å². The number of esters is 1. The molecule has 1 aliphatic rings. The number of ether oxygens (including phenoxy) is 1. The summed E-state index contributed by atoms with van der Waals surface area (Å²) >= 11 is 1.41. The molecular weight excluding hydrogens is 200 g/mol. The second-order valence-electron chi connectivity index (χ2n) is 3.38. The van der Waals surface area contributed by atoms with Crippen molar-refractivity contribution in [1.29, 1.82) is 0 Å². The third kappa shape index (κ3) is 1.48. The Morgan fingerprint density at radius 2 is 2.36 bits per heavy atom. The van der Waals surface area contributed by atoms with E-state index in [1.54, 1.807) is 0 Å². The van der Waals surface area contributed by atoms with Crippen LogP contribution in [-0.2, 0) is 4.74 Å². The zero-order valence-corrected chi connectivity index (χ0v) is 8.76. The Labute approximate surface area is 86.1 Å². The fourth-order valence-corrected chi connectivity index (χ4v) is 2.53. The Kier molecular flexibility index (Phi) is 2.41. The first-order valence-corrected chi connectivity index (χ1v) is 5.38. The summed E-state index contributed by atoms with van der Waals surface area (Å²) in [6.07, 6.45) is 3.49. The summed E-state index contributed by atoms with van der Waals surface area (Å²) in [5.74, 6) is 0.0961. The summed E-state index contributed by atoms with van der Waals surface area (Å²) in [4.78, 5) is 16.4. The number of anilines is 1. The van der Waals surface area contributed by atoms with E-state index in [-0.39, 0.29) is 5.97 Å². The van der Waals surface area contributed by atoms with Gasteiger partial charge in [-0.25, -0.2) is 9.78 Å². The van der Waals surface area contributed by atoms with Gasteiger partial charge in [-0.05, 0) is 18.8 Å². The Hall–Kier alpha value is -1.10. The minimum atomic E-state index is -0.375. The lowest BCUT2D eigenvalue weighted by Gasteiger charge is -2.24. The highest BCUT2D eigenvalue weighted by Crippen LogP contribution is 2.41. The summed E-state index contributed by atoms with van der Waals surface area (Å²) in [5, 5.41) is 0.451. The standard InChI is InChI=1S/C9H12N2O2S/c1-13-8(12)6-7(5-3-2-4-5)14-9(10)11-6/h5H,2-4H2,1H3,(H2,10,11). The summed E-state index contributed by atoms with van der Waals surface area (Å²) in [6.45, 7) is 0. The molecular formula is C9H12N2O2S. The zero-order valence-electron chi connectivity index (χ0n) is 7.95. The second-order valence-corrected chi connectivity index (χ2v) is 4.45. The van der Waals surface area contributed by atoms with Crippen LogP contribution in [0.15, 0.2) is 0 Å². The molecule has 1 fully saturated rings. The predicted molar refractivity (Wildman–Crippen MR) is 54.5 cm³/mol. The van der Waals surface area contributed by atoms with Gasteiger partial charge in [-0.15, -0.1) is 11.3 Å². The van der Waals surface area contributed by atoms with E-state index in [4.69, 9.17) is 5.73 Å². The maximum absolute atomic E-state index is 11.4. The van der Waals surface area contributed by atoms with Gasteiger partial charge in [0.15, 0.2) is 10.8 Å². The Morgan fingerprint density at radius 1 is 1.64 bits per heavy atom. The molecule has 0 spiro atoms. The minimum Gasteiger partial charge on any atom is -0.464 e. The maximum Gasteiger partial charge on any atom is 0.357 e. The second kappa shape index (κ2) is 3.57. The zero-order chi connectivity index (χ0) is 10.1. The molecule has 5 heteroatoms. The van der Waals surface area contributed by atoms with Crippen molar-refractivity contribution in [3.63, 3.8) is 0 Å². The SMILES string of the molecule is COC(=O)c1nc(N)sc1C1CCC1. The van der Waals surface area contributed by atoms with Crippen LogP contribution >= 0.6 is 11.3 Å². The third-order valence-corrected chi connectivity index (χ3v) is 3.57. The molecule has 1 heterocycles. The number of methoxy groups -OCH3 is 1. The number of nitrogens with two attached hydrogens (primary N) is 1. The van der Waals surface area contributed by atoms with Crippen molar-refractivity contribution in [3.8, 4) is 0 Å². The predicted octanol–water partition coefficient (Wildman–Crippen LogP) is 1.78. The van der Waals surface area contributed by atoms with Crippen molar-refractivity contribution >= 4 is 22.4 Å². The molecule has 0 radical (unpaired) electrons. The normalized spacial score (nSPS) is 16.4. The van der Waals surface area contributed by atoms with Crippen molar-refractivity contribution < 1.29 is 9.53 Å². The average molecular weight is 212 g/mol. The van der Waals surface area contributed by atoms with E-state index in [0.717, 1.165) is 17.7 Å². The molecule has 0 bridgehead atoms. The van der Waals surface area contributed by atoms with E-state index in [1.165, 1.54) is 24.9 Å². The lowest BCUT2D eigenvalue weighted by molar-refractivity contribution is 0.0592. The smallest absolute Gasteiger partial charge is 0.357 e. The largest absolute Gasteiger partial charge is 0.464 e. The van der Waals surface area contributed by atoms with Crippen LogP contribution < -0.4 is 5.73 Å². The Bertz CT molecular complexity index is 358. The molecule has 1 aliphatic carbocycles. The van der Waals surface area contributed by atoms with Gasteiger partial charge >= 0.3 is 5.97 Å². The number of hydrogen-bond donors (Lipinski definition) is 1. The molecule has 2 rings (SSSR count). The number of aromatic nitrogens is 1. The number of carbonyl (C=O) groups excluding carboxylic acids is 1. The average Bonchev–Trinajstić information content (AvgIpc) is 2.43. The molecule has 0 atom stereocenters. The number of thiazole rings is 1. The van der Waals surface area contributed by atoms with E-state index in [0.29, 0.717) is 16.7 Å². The van der Waals surface area contributed by atoms with Crippen LogP contribution in [0, 0.1) is 0 Å². The maximum atomic E-state index is 11.4. The molecule has 1 aromatic rings. The first-order valence-electron chi connectivity index (χ1n) is 4.57. The van der Waals surface area contributed by atoms with Crippen molar-refractivity contribution in [2.45, 2.75) is 25.2 Å². The van der Waals surface area contributed by atoms with Gasteiger partial charge in [0.1, 0.15) is 0 Å². The Balaban J connectivity index is 2.32. The summed E-state index contributed by atoms with van der Waals surface area (Å²) in [6, 6.07) is 0. The van der Waals surface area contributed by atoms with Gasteiger partial charge in [-0.1, -0.05) is 6.42 Å². The van der Waals surface area contributed by atoms with Gasteiger partial charge in [0.2, 0.25) is 0 Å². The number of nitrogen functional groups attached to an aromatic ring is 1. The van der Waals surface area contributed by atoms with E-state index in [2.05, 4.69) is 9.72 Å². The van der Waals surface area contributed by atoms with Crippen molar-refractivity contribution in [2.24, 2.45) is 0 Å². The molecule has 1 aromatic heterocycles. The fraction of sp³-hybridized carbons (Fsp3) is 0.556. The quantitative estimate of drug-likeness (QED) is 0.759. The van der Waals surface area contributed by atoms with E-state index in [9.17, 15) is 4.79 Å². The van der Waals surface area contributed by atoms with Gasteiger partial charge in [-0.3, -0.25) is 0 Å². The monoisotopic (exact) mass is 212 g/mol. The van der Waals surface area contributed by atoms with E-state index in [1.807, 2.05) is 0 Å². The van der Waals surface area contributed by atoms with Crippen LogP contribution in [0.3, 0.4) is 0 Å². The summed E-state index contributed by atoms with van der Waals surface area (Å²) in [5.41, 5.74) is 6.00. The summed E-state index contributed by atoms with van der Waals surface area (Å²) < 4.78 is 4.66. The van der Waals surface area contributed by atoms with Crippen LogP contribution in [0.25, 0.3) is 0 Å². The molecule has 2 N–H and O–H groups in total. The van der Waals surface area contributed by atoms with Crippen molar-refractivity contribution in [3.05, 3.63) is 10.6 Å². The molecule has 1 saturated carbocycles. The topological polar surface area (TPSA) is 65.2 Å². The number of nitrogens with zero attached hydrogens (tertiary/aromatic N) is 1. The van der Waals surface area contributed by atoms with Gasteiger partial charge in [0, 0.05) is 4.88 Å². The highest BCUT2D eigenvalue weighted by atomic mass is 32.1. The van der Waals surface area contributed by atoms with Gasteiger partial charge in [0.25, 0.3) is 0 Å². The lowest BCUT2D eigenvalue weighted by atomic mass is 9.83. The van der Waals surface area contributed by atoms with E-state index < -0.39 is 0 Å². The lowest BCUT2D eigenvalue weighted by Crippen LogP contribution is -2.13. The van der Waals surface area contributed by atoms with Gasteiger partial charge in [0.05, 0.1) is 7.11 Å². The summed E-state index contributed by atoms with van der Waals surface area (Å²) in [7, 11) is 1.36. The first-order chi connectivity index (χ1) is 6.72. The molecule has 0 unspecified atom stereocenters. The molecule has 14 heavy (non-hydrogen) atoms. The Morgan fingerprint density at radius 3 is 2.86 bits per heavy atom. The molecule has 0 aliphatic heterocycles. The van der Waals surface area contributed by atoms with Gasteiger partial charge < -0.3 is 10.5 Å². The molecule has 0 saturated heterocycles. The highest BCUT2D eigenvalue weighted by molar-refractivity contribution is 7.15. The molecule has 4 nitrogen and oxygen atoms in total. The van der Waals surface area contributed by atoms with Gasteiger partial charge in [-0.2, -0.15) is 0 Å². The number of carbonyl (C=O) groups is 1. The van der Waals surface area contributed by atoms with Crippen LogP contribution in [0.1, 0.15) is 40.5 Å². The van der Waals surface area contributed by atoms with E-state index >= 15 is 0 Å². The first kappa shape index (κ1) is 9.45. The molecule has 0 aromatic carbocycles. The van der Waals surface area contributed by atoms with Crippen LogP contribution in [-0.4, -0.2) is 18.1 Å². The third-order valence-electron chi connectivity index (χ3n) is 2.52. The molecule has 0 amide bonds. The molecule has 76 valence electrons. The van der Waals surface area contributed by atoms with Crippen molar-refractivity contribution in [1.82, 2.24) is 4.98 Å². The van der Waals surface area contributed by atoms with Crippen LogP contribution in [0.4, 0.5) is 5.13 Å². The highest BCUT2D eigenvalue weighted by Gasteiger charge is 2.28. The minimum absolute atomic E-state index is 0.375. The van der Waals surface area contributed by atoms with Crippen molar-refractivity contribution in [2.75, 3.05) is 12.8 Å². The fourth-order valence-electron chi connectivity index (χ4n) is 1.54. The van der Waals surface area contributed by atoms with Crippen LogP contribution in [0.2, 0.25) is 0 Å². The number of rotatable bonds is 2.